The number of aliphatic hydroxyl groups is 1. The Balaban J connectivity index is 1.79. The van der Waals surface area contributed by atoms with Gasteiger partial charge in [-0.2, -0.15) is 0 Å². The van der Waals surface area contributed by atoms with E-state index in [9.17, 15) is 52.5 Å². The second kappa shape index (κ2) is 35.8. The van der Waals surface area contributed by atoms with Crippen molar-refractivity contribution in [2.45, 2.75) is 167 Å². The van der Waals surface area contributed by atoms with Gasteiger partial charge in [0.25, 0.3) is 5.91 Å². The van der Waals surface area contributed by atoms with Crippen LogP contribution in [0.2, 0.25) is 0 Å². The van der Waals surface area contributed by atoms with E-state index in [2.05, 4.69) is 63.8 Å². The van der Waals surface area contributed by atoms with Crippen molar-refractivity contribution in [3.8, 4) is 0 Å². The lowest BCUT2D eigenvalue weighted by molar-refractivity contribution is -0.826. The standard InChI is InChI=1S/C56H86N14O11S6/c1-27(2)40-51(79)58-29(5)46(74)63-38(24-36-18-16-15-17-19-36)49(77)68-43(44(72)39-25-69(12)26-70(39)13)50(78)57-21-22-86-35(11)42(52(80)65-40)67-47(75)31(7)60-54(83)33(9)62-53(82)32(8)59-45(73)30(6)61-55(84)37(20-23-87(14)81)64-56(85)41(28(3)4)66-48(76)34(10)71/h15-19,21-22,25,27-33,35,37-38,40-44,72H,20,23-24,26H2,1-14H3,(H,57,78)(H,58,79)(H,59,73)(H,60,83)(H,61,84)(H,62,82)(H,63,74)(H,64,85)(H,65,80)(H,66,76)(H,67,75)(H,68,77)/p+1. The molecule has 1 aromatic rings. The number of aliphatic hydroxyl groups excluding tert-OH is 1. The van der Waals surface area contributed by atoms with Gasteiger partial charge in [0.2, 0.25) is 47.1 Å². The molecule has 0 bridgehead atoms. The number of amides is 8. The third-order valence-electron chi connectivity index (χ3n) is 14.0. The summed E-state index contributed by atoms with van der Waals surface area (Å²) in [7, 11) is 2.38. The Bertz CT molecular complexity index is 2790. The molecule has 15 unspecified atom stereocenters. The van der Waals surface area contributed by atoms with Crippen molar-refractivity contribution >= 4 is 144 Å². The number of ketones is 1. The molecule has 0 radical (unpaired) electrons. The predicted molar refractivity (Wildman–Crippen MR) is 352 cm³/mol. The first-order chi connectivity index (χ1) is 40.6. The van der Waals surface area contributed by atoms with E-state index in [1.54, 1.807) is 90.0 Å². The van der Waals surface area contributed by atoms with Gasteiger partial charge in [0.1, 0.15) is 60.3 Å². The van der Waals surface area contributed by atoms with Crippen molar-refractivity contribution in [2.24, 2.45) is 11.8 Å². The Hall–Kier alpha value is -6.09. The molecule has 0 saturated carbocycles. The van der Waals surface area contributed by atoms with Gasteiger partial charge in [-0.15, -0.1) is 11.8 Å². The third-order valence-corrected chi connectivity index (χ3v) is 17.5. The molecule has 14 N–H and O–H groups in total. The Morgan fingerprint density at radius 3 is 1.86 bits per heavy atom. The Morgan fingerprint density at radius 1 is 0.724 bits per heavy atom. The van der Waals surface area contributed by atoms with Gasteiger partial charge >= 0.3 is 0 Å². The quantitative estimate of drug-likeness (QED) is 0.0411. The largest absolute Gasteiger partial charge is 0.384 e. The van der Waals surface area contributed by atoms with Crippen molar-refractivity contribution in [1.29, 1.82) is 0 Å². The van der Waals surface area contributed by atoms with Crippen LogP contribution in [0.5, 0.6) is 0 Å². The van der Waals surface area contributed by atoms with Crippen molar-refractivity contribution < 1.29 is 57.4 Å². The summed E-state index contributed by atoms with van der Waals surface area (Å²) in [5.41, 5.74) is 1.03. The zero-order valence-electron chi connectivity index (χ0n) is 51.5. The molecule has 2 heterocycles. The lowest BCUT2D eigenvalue weighted by atomic mass is 10.0. The summed E-state index contributed by atoms with van der Waals surface area (Å²) < 4.78 is 12.1. The fourth-order valence-corrected chi connectivity index (χ4v) is 11.3. The lowest BCUT2D eigenvalue weighted by Crippen LogP contribution is -3.03. The minimum atomic E-state index is -1.58. The fraction of sp³-hybridized carbons (Fsp3) is 0.589. The molecule has 87 heavy (non-hydrogen) atoms. The Morgan fingerprint density at radius 2 is 1.30 bits per heavy atom. The minimum Gasteiger partial charge on any atom is -0.384 e. The first-order valence-electron chi connectivity index (χ1n) is 28.4. The molecule has 8 amide bonds. The zero-order valence-corrected chi connectivity index (χ0v) is 56.4. The van der Waals surface area contributed by atoms with Crippen molar-refractivity contribution in [3.63, 3.8) is 0 Å². The van der Waals surface area contributed by atoms with E-state index in [0.29, 0.717) is 17.9 Å². The molecule has 1 aromatic carbocycles. The average molecular weight is 1320 g/mol. The molecule has 31 heteroatoms. The molecule has 0 saturated heterocycles. The number of nitrogens with zero attached hydrogens (tertiary/aromatic N) is 1. The Labute approximate surface area is 538 Å². The molecule has 2 aliphatic rings. The molecule has 0 aromatic heterocycles. The molecule has 15 atom stereocenters. The average Bonchev–Trinajstić information content (AvgIpc) is 3.96. The van der Waals surface area contributed by atoms with Crippen LogP contribution in [0.15, 0.2) is 53.8 Å². The second-order valence-corrected chi connectivity index (χ2v) is 27.0. The number of nitrogens with one attached hydrogen (secondary N) is 13. The first-order valence-corrected chi connectivity index (χ1v) is 32.7. The van der Waals surface area contributed by atoms with Crippen LogP contribution in [0.25, 0.3) is 0 Å². The van der Waals surface area contributed by atoms with Gasteiger partial charge in [0.05, 0.1) is 51.2 Å². The van der Waals surface area contributed by atoms with Gasteiger partial charge in [0, 0.05) is 54.7 Å². The summed E-state index contributed by atoms with van der Waals surface area (Å²) in [6, 6.07) is -2.68. The van der Waals surface area contributed by atoms with Gasteiger partial charge in [-0.3, -0.25) is 52.3 Å². The molecule has 3 rings (SSSR count). The van der Waals surface area contributed by atoms with E-state index in [1.807, 2.05) is 20.9 Å². The van der Waals surface area contributed by atoms with Gasteiger partial charge in [-0.1, -0.05) is 114 Å². The molecular formula is C56H87N14O11S6+. The number of Topliss-reactive ketones (excluding diaryl/α,β-unsaturated/α-hetero) is 1. The van der Waals surface area contributed by atoms with E-state index >= 15 is 0 Å². The van der Waals surface area contributed by atoms with Crippen LogP contribution >= 0.6 is 60.6 Å². The SMILES string of the molecule is CC(=O)C(=O)NC(C(=S)NC(CCS(C)=O)C(=S)NC(C)C(=O)NC(C)C(=S)NC(C)C(=S)NC(C)C(=O)NC1C(=O)NC(C(C)C)C(=O)NC(C)C(=O)NC(Cc2ccccc2)C(=O)NC(C(O)C2=C[NH+](C)CN2C)C(=O)NC=CSC1C)C(C)C. The number of carbonyl (C=O) groups is 9. The summed E-state index contributed by atoms with van der Waals surface area (Å²) in [5.74, 6) is -7.00. The van der Waals surface area contributed by atoms with E-state index in [4.69, 9.17) is 48.9 Å². The predicted octanol–water partition coefficient (Wildman–Crippen LogP) is -2.12. The van der Waals surface area contributed by atoms with Crippen molar-refractivity contribution in [3.05, 3.63) is 59.4 Å². The van der Waals surface area contributed by atoms with Crippen LogP contribution in [0.3, 0.4) is 0 Å². The van der Waals surface area contributed by atoms with E-state index in [1.165, 1.54) is 31.7 Å². The van der Waals surface area contributed by atoms with Crippen molar-refractivity contribution in [2.75, 3.05) is 32.8 Å². The topological polar surface area (TPSA) is 343 Å². The van der Waals surface area contributed by atoms with Gasteiger partial charge < -0.3 is 73.8 Å². The number of carbonyl (C=O) groups excluding carboxylic acids is 9. The highest BCUT2D eigenvalue weighted by molar-refractivity contribution is 8.02. The molecule has 25 nitrogen and oxygen atoms in total. The van der Waals surface area contributed by atoms with Crippen molar-refractivity contribution in [1.82, 2.24) is 68.7 Å². The maximum absolute atomic E-state index is 14.4. The molecule has 0 aliphatic carbocycles. The normalized spacial score (nSPS) is 23.4. The van der Waals surface area contributed by atoms with Crippen LogP contribution in [0, 0.1) is 11.8 Å². The molecular weight excluding hydrogens is 1240 g/mol. The summed E-state index contributed by atoms with van der Waals surface area (Å²) in [4.78, 5) is 125. The number of quaternary nitrogens is 1. The Kier molecular flexibility index (Phi) is 30.9. The van der Waals surface area contributed by atoms with Gasteiger partial charge in [-0.05, 0) is 63.8 Å². The fourth-order valence-electron chi connectivity index (χ4n) is 8.71. The van der Waals surface area contributed by atoms with Crippen LogP contribution in [-0.4, -0.2) is 198 Å². The highest BCUT2D eigenvalue weighted by Crippen LogP contribution is 2.19. The maximum Gasteiger partial charge on any atom is 0.287 e. The molecule has 0 spiro atoms. The van der Waals surface area contributed by atoms with Gasteiger partial charge in [-0.25, -0.2) is 0 Å². The third kappa shape index (κ3) is 24.1. The lowest BCUT2D eigenvalue weighted by Gasteiger charge is -2.30. The van der Waals surface area contributed by atoms with Crippen LogP contribution in [0.4, 0.5) is 0 Å². The van der Waals surface area contributed by atoms with E-state index in [-0.39, 0.29) is 44.5 Å². The second-order valence-electron chi connectivity index (χ2n) is 22.4. The number of likely N-dealkylation sites (N-methyl/N-ethyl adjacent to an activating group) is 1. The monoisotopic (exact) mass is 1320 g/mol. The summed E-state index contributed by atoms with van der Waals surface area (Å²) in [6.45, 7) is 18.1. The van der Waals surface area contributed by atoms with Crippen LogP contribution in [-0.2, 0) is 60.4 Å². The summed E-state index contributed by atoms with van der Waals surface area (Å²) in [6.07, 6.45) is 3.21. The maximum atomic E-state index is 14.4. The van der Waals surface area contributed by atoms with E-state index < -0.39 is 148 Å². The van der Waals surface area contributed by atoms with Gasteiger partial charge in [0.15, 0.2) is 6.67 Å². The number of thiocarbonyl (C=S) groups is 4. The number of rotatable bonds is 23. The highest BCUT2D eigenvalue weighted by atomic mass is 32.2. The van der Waals surface area contributed by atoms with Crippen LogP contribution < -0.4 is 68.7 Å². The molecule has 482 valence electrons. The number of benzene rings is 1. The highest BCUT2D eigenvalue weighted by Gasteiger charge is 2.40. The first kappa shape index (κ1) is 75.2. The number of thioether (sulfide) groups is 1. The van der Waals surface area contributed by atoms with Crippen LogP contribution in [0.1, 0.15) is 88.1 Å². The smallest absolute Gasteiger partial charge is 0.287 e. The summed E-state index contributed by atoms with van der Waals surface area (Å²) in [5, 5.41) is 46.2. The molecule has 0 fully saturated rings. The number of hydrogen-bond donors (Lipinski definition) is 14. The summed E-state index contributed by atoms with van der Waals surface area (Å²) >= 11 is 23.7. The number of hydrogen-bond acceptors (Lipinski definition) is 17. The molecule has 2 aliphatic heterocycles. The zero-order chi connectivity index (χ0) is 65.7. The van der Waals surface area contributed by atoms with E-state index in [0.717, 1.165) is 23.6 Å². The minimum absolute atomic E-state index is 0.0198.